The van der Waals surface area contributed by atoms with E-state index in [9.17, 15) is 0 Å². The summed E-state index contributed by atoms with van der Waals surface area (Å²) in [7, 11) is 0. The highest BCUT2D eigenvalue weighted by atomic mass is 35.5. The van der Waals surface area contributed by atoms with E-state index in [2.05, 4.69) is 10.0 Å². The van der Waals surface area contributed by atoms with Gasteiger partial charge in [0.1, 0.15) is 0 Å². The number of nitrogens with zero attached hydrogens (tertiary/aromatic N) is 3. The lowest BCUT2D eigenvalue weighted by Crippen LogP contribution is -1.75. The van der Waals surface area contributed by atoms with Crippen molar-refractivity contribution in [3.05, 3.63) is 50.3 Å². The van der Waals surface area contributed by atoms with Gasteiger partial charge in [0, 0.05) is 21.5 Å². The summed E-state index contributed by atoms with van der Waals surface area (Å²) in [5.41, 5.74) is 8.99. The minimum absolute atomic E-state index is 0.460. The van der Waals surface area contributed by atoms with Crippen LogP contribution in [-0.2, 0) is 0 Å². The van der Waals surface area contributed by atoms with Gasteiger partial charge in [-0.2, -0.15) is 0 Å². The van der Waals surface area contributed by atoms with Gasteiger partial charge in [0.15, 0.2) is 0 Å². The van der Waals surface area contributed by atoms with Crippen LogP contribution >= 0.6 is 23.2 Å². The first-order chi connectivity index (χ1) is 7.22. The van der Waals surface area contributed by atoms with Crippen LogP contribution in [-0.4, -0.2) is 6.54 Å². The molecule has 0 bridgehead atoms. The second kappa shape index (κ2) is 6.36. The molecule has 0 radical (unpaired) electrons. The third kappa shape index (κ3) is 4.75. The molecule has 0 aliphatic carbocycles. The minimum atomic E-state index is 0.460. The van der Waals surface area contributed by atoms with Crippen molar-refractivity contribution in [2.45, 2.75) is 6.42 Å². The fourth-order valence-electron chi connectivity index (χ4n) is 1.07. The summed E-state index contributed by atoms with van der Waals surface area (Å²) in [4.78, 5) is 2.66. The molecule has 0 N–H and O–H groups in total. The average Bonchev–Trinajstić information content (AvgIpc) is 2.16. The molecule has 0 aliphatic heterocycles. The molecule has 0 heterocycles. The van der Waals surface area contributed by atoms with Gasteiger partial charge in [-0.3, -0.25) is 0 Å². The molecule has 1 aromatic carbocycles. The molecule has 1 rings (SSSR count). The zero-order chi connectivity index (χ0) is 11.1. The molecule has 15 heavy (non-hydrogen) atoms. The summed E-state index contributed by atoms with van der Waals surface area (Å²) in [5, 5.41) is 4.63. The van der Waals surface area contributed by atoms with Crippen molar-refractivity contribution in [1.82, 2.24) is 0 Å². The lowest BCUT2D eigenvalue weighted by Gasteiger charge is -1.96. The van der Waals surface area contributed by atoms with E-state index in [-0.39, 0.29) is 0 Å². The number of azide groups is 1. The Balaban J connectivity index is 2.59. The van der Waals surface area contributed by atoms with E-state index in [4.69, 9.17) is 28.7 Å². The first-order valence-electron chi connectivity index (χ1n) is 4.36. The van der Waals surface area contributed by atoms with Gasteiger partial charge >= 0.3 is 0 Å². The Bertz CT molecular complexity index is 389. The van der Waals surface area contributed by atoms with Crippen molar-refractivity contribution in [3.8, 4) is 0 Å². The molecule has 3 nitrogen and oxygen atoms in total. The van der Waals surface area contributed by atoms with Crippen LogP contribution in [0.5, 0.6) is 0 Å². The Morgan fingerprint density at radius 2 is 1.93 bits per heavy atom. The minimum Gasteiger partial charge on any atom is -0.0937 e. The molecule has 78 valence electrons. The smallest absolute Gasteiger partial charge is 0.0426 e. The van der Waals surface area contributed by atoms with Crippen LogP contribution in [0.2, 0.25) is 10.0 Å². The van der Waals surface area contributed by atoms with Crippen LogP contribution in [0.4, 0.5) is 0 Å². The van der Waals surface area contributed by atoms with E-state index >= 15 is 0 Å². The van der Waals surface area contributed by atoms with E-state index < -0.39 is 0 Å². The van der Waals surface area contributed by atoms with Crippen molar-refractivity contribution in [1.29, 1.82) is 0 Å². The Labute approximate surface area is 97.9 Å². The molecule has 5 heteroatoms. The van der Waals surface area contributed by atoms with Crippen molar-refractivity contribution < 1.29 is 0 Å². The zero-order valence-electron chi connectivity index (χ0n) is 7.90. The van der Waals surface area contributed by atoms with Crippen LogP contribution in [0.3, 0.4) is 0 Å². The highest BCUT2D eigenvalue weighted by Gasteiger charge is 1.94. The highest BCUT2D eigenvalue weighted by Crippen LogP contribution is 2.19. The van der Waals surface area contributed by atoms with E-state index in [0.29, 0.717) is 23.0 Å². The van der Waals surface area contributed by atoms with Crippen LogP contribution in [0.1, 0.15) is 12.0 Å². The van der Waals surface area contributed by atoms with Gasteiger partial charge < -0.3 is 0 Å². The zero-order valence-corrected chi connectivity index (χ0v) is 9.41. The highest BCUT2D eigenvalue weighted by molar-refractivity contribution is 6.34. The predicted molar refractivity (Wildman–Crippen MR) is 64.1 cm³/mol. The number of hydrogen-bond donors (Lipinski definition) is 0. The van der Waals surface area contributed by atoms with E-state index in [1.54, 1.807) is 6.07 Å². The molecule has 0 aromatic heterocycles. The summed E-state index contributed by atoms with van der Waals surface area (Å²) in [6.07, 6.45) is 4.51. The van der Waals surface area contributed by atoms with Gasteiger partial charge in [-0.25, -0.2) is 0 Å². The van der Waals surface area contributed by atoms with Crippen LogP contribution in [0, 0.1) is 0 Å². The van der Waals surface area contributed by atoms with Gasteiger partial charge in [0.05, 0.1) is 0 Å². The Morgan fingerprint density at radius 1 is 1.27 bits per heavy atom. The average molecular weight is 242 g/mol. The topological polar surface area (TPSA) is 48.8 Å². The largest absolute Gasteiger partial charge is 0.0937 e. The fraction of sp³-hybridized carbons (Fsp3) is 0.200. The number of halogens is 2. The molecule has 0 saturated carbocycles. The molecular weight excluding hydrogens is 233 g/mol. The lowest BCUT2D eigenvalue weighted by molar-refractivity contribution is 0.996. The number of rotatable bonds is 4. The summed E-state index contributed by atoms with van der Waals surface area (Å²) in [6, 6.07) is 5.31. The van der Waals surface area contributed by atoms with E-state index in [1.165, 1.54) is 0 Å². The molecule has 0 amide bonds. The molecule has 0 aliphatic rings. The second-order valence-corrected chi connectivity index (χ2v) is 3.72. The molecule has 0 spiro atoms. The summed E-state index contributed by atoms with van der Waals surface area (Å²) < 4.78 is 0. The number of benzene rings is 1. The Kier molecular flexibility index (Phi) is 5.05. The maximum atomic E-state index is 8.05. The predicted octanol–water partition coefficient (Wildman–Crippen LogP) is 4.71. The van der Waals surface area contributed by atoms with Gasteiger partial charge in [-0.05, 0) is 35.7 Å². The van der Waals surface area contributed by atoms with Crippen molar-refractivity contribution >= 4 is 29.3 Å². The van der Waals surface area contributed by atoms with Crippen LogP contribution in [0.15, 0.2) is 29.4 Å². The first-order valence-corrected chi connectivity index (χ1v) is 5.11. The van der Waals surface area contributed by atoms with Gasteiger partial charge in [-0.15, -0.1) is 0 Å². The van der Waals surface area contributed by atoms with E-state index in [1.807, 2.05) is 24.3 Å². The summed E-state index contributed by atoms with van der Waals surface area (Å²) >= 11 is 11.7. The van der Waals surface area contributed by atoms with Crippen LogP contribution < -0.4 is 0 Å². The third-order valence-electron chi connectivity index (χ3n) is 1.65. The van der Waals surface area contributed by atoms with Crippen molar-refractivity contribution in [3.63, 3.8) is 0 Å². The Hall–Kier alpha value is -1.15. The van der Waals surface area contributed by atoms with Crippen molar-refractivity contribution in [2.75, 3.05) is 6.54 Å². The van der Waals surface area contributed by atoms with Gasteiger partial charge in [0.25, 0.3) is 0 Å². The number of hydrogen-bond acceptors (Lipinski definition) is 1. The SMILES string of the molecule is [N-]=[N+]=NCCC=Cc1cc(Cl)cc(Cl)c1. The summed E-state index contributed by atoms with van der Waals surface area (Å²) in [6.45, 7) is 0.460. The normalized spacial score (nSPS) is 10.3. The maximum Gasteiger partial charge on any atom is 0.0426 e. The maximum absolute atomic E-state index is 8.05. The third-order valence-corrected chi connectivity index (χ3v) is 2.09. The van der Waals surface area contributed by atoms with E-state index in [0.717, 1.165) is 5.56 Å². The quantitative estimate of drug-likeness (QED) is 0.318. The van der Waals surface area contributed by atoms with Crippen LogP contribution in [0.25, 0.3) is 16.5 Å². The molecule has 1 aromatic rings. The molecular formula is C10H9Cl2N3. The molecule has 0 unspecified atom stereocenters. The monoisotopic (exact) mass is 241 g/mol. The molecule has 0 fully saturated rings. The Morgan fingerprint density at radius 3 is 2.53 bits per heavy atom. The first kappa shape index (κ1) is 11.9. The molecule has 0 atom stereocenters. The van der Waals surface area contributed by atoms with Gasteiger partial charge in [0.2, 0.25) is 0 Å². The second-order valence-electron chi connectivity index (χ2n) is 2.85. The van der Waals surface area contributed by atoms with Gasteiger partial charge in [-0.1, -0.05) is 40.5 Å². The summed E-state index contributed by atoms with van der Waals surface area (Å²) in [5.74, 6) is 0. The van der Waals surface area contributed by atoms with Crippen molar-refractivity contribution in [2.24, 2.45) is 5.11 Å². The standard InChI is InChI=1S/C10H9Cl2N3/c11-9-5-8(6-10(12)7-9)3-1-2-4-14-15-13/h1,3,5-7H,2,4H2. The fourth-order valence-corrected chi connectivity index (χ4v) is 1.61. The molecule has 0 saturated heterocycles. The lowest BCUT2D eigenvalue weighted by atomic mass is 10.2.